The van der Waals surface area contributed by atoms with Crippen molar-refractivity contribution < 1.29 is 14.3 Å². The molecule has 1 spiro atoms. The summed E-state index contributed by atoms with van der Waals surface area (Å²) >= 11 is 0. The lowest BCUT2D eigenvalue weighted by Crippen LogP contribution is -2.39. The van der Waals surface area contributed by atoms with Crippen LogP contribution in [0.25, 0.3) is 11.0 Å². The molecule has 1 unspecified atom stereocenters. The van der Waals surface area contributed by atoms with E-state index >= 15 is 0 Å². The Hall–Kier alpha value is -2.41. The van der Waals surface area contributed by atoms with Gasteiger partial charge in [-0.1, -0.05) is 0 Å². The molecule has 0 saturated carbocycles. The van der Waals surface area contributed by atoms with E-state index in [-0.39, 0.29) is 23.4 Å². The van der Waals surface area contributed by atoms with Gasteiger partial charge in [0, 0.05) is 24.2 Å². The molecule has 0 radical (unpaired) electrons. The number of carbonyl (C=O) groups is 2. The second-order valence-electron chi connectivity index (χ2n) is 7.06. The summed E-state index contributed by atoms with van der Waals surface area (Å²) in [5, 5.41) is 7.09. The van der Waals surface area contributed by atoms with Gasteiger partial charge in [-0.2, -0.15) is 0 Å². The predicted octanol–water partition coefficient (Wildman–Crippen LogP) is 1.29. The maximum absolute atomic E-state index is 12.4. The summed E-state index contributed by atoms with van der Waals surface area (Å²) in [6.07, 6.45) is 5.48. The van der Waals surface area contributed by atoms with E-state index in [0.29, 0.717) is 18.5 Å². The van der Waals surface area contributed by atoms with Gasteiger partial charge in [0.2, 0.25) is 0 Å². The van der Waals surface area contributed by atoms with Crippen molar-refractivity contribution in [1.82, 2.24) is 20.6 Å². The van der Waals surface area contributed by atoms with Gasteiger partial charge in [-0.05, 0) is 44.5 Å². The third-order valence-corrected chi connectivity index (χ3v) is 5.38. The van der Waals surface area contributed by atoms with Gasteiger partial charge in [-0.3, -0.25) is 9.59 Å². The quantitative estimate of drug-likeness (QED) is 0.731. The first-order valence-electron chi connectivity index (χ1n) is 8.71. The summed E-state index contributed by atoms with van der Waals surface area (Å²) in [4.78, 5) is 32.0. The highest BCUT2D eigenvalue weighted by molar-refractivity contribution is 5.97. The molecule has 2 aromatic rings. The van der Waals surface area contributed by atoms with Crippen molar-refractivity contribution in [3.8, 4) is 0 Å². The first kappa shape index (κ1) is 16.1. The van der Waals surface area contributed by atoms with Crippen LogP contribution < -0.4 is 10.6 Å². The number of carbonyl (C=O) groups excluding carboxylic acids is 2. The first-order chi connectivity index (χ1) is 12.1. The number of piperidine rings is 1. The number of hydrogen-bond donors (Lipinski definition) is 3. The molecule has 0 bridgehead atoms. The van der Waals surface area contributed by atoms with E-state index < -0.39 is 0 Å². The Morgan fingerprint density at radius 1 is 1.44 bits per heavy atom. The number of hydrogen-bond acceptors (Lipinski definition) is 5. The van der Waals surface area contributed by atoms with Gasteiger partial charge >= 0.3 is 5.97 Å². The van der Waals surface area contributed by atoms with Crippen LogP contribution in [0.5, 0.6) is 0 Å². The largest absolute Gasteiger partial charge is 0.460 e. The van der Waals surface area contributed by atoms with E-state index in [9.17, 15) is 9.59 Å². The summed E-state index contributed by atoms with van der Waals surface area (Å²) in [6, 6.07) is 1.83. The standard InChI is InChI=1S/C18H22N4O3/c1-11-8-20-15-14(11)6-12(9-21-15)16(23)22-10-13-7-18(17(24)25-13)2-4-19-5-3-18/h6,8-9,13,19H,2-5,7,10H2,1H3,(H,20,21)(H,22,23). The highest BCUT2D eigenvalue weighted by Gasteiger charge is 2.49. The molecule has 0 aromatic carbocycles. The Kier molecular flexibility index (Phi) is 3.95. The summed E-state index contributed by atoms with van der Waals surface area (Å²) in [5.41, 5.74) is 1.97. The van der Waals surface area contributed by atoms with Crippen LogP contribution >= 0.6 is 0 Å². The lowest BCUT2D eigenvalue weighted by molar-refractivity contribution is -0.149. The molecule has 2 aromatic heterocycles. The number of aromatic nitrogens is 2. The Labute approximate surface area is 145 Å². The third-order valence-electron chi connectivity index (χ3n) is 5.38. The van der Waals surface area contributed by atoms with Crippen molar-refractivity contribution in [1.29, 1.82) is 0 Å². The topological polar surface area (TPSA) is 96.1 Å². The second-order valence-corrected chi connectivity index (χ2v) is 7.06. The Bertz CT molecular complexity index is 823. The first-order valence-corrected chi connectivity index (χ1v) is 8.71. The summed E-state index contributed by atoms with van der Waals surface area (Å²) < 4.78 is 5.52. The maximum atomic E-state index is 12.4. The van der Waals surface area contributed by atoms with Crippen molar-refractivity contribution in [3.05, 3.63) is 29.6 Å². The van der Waals surface area contributed by atoms with Gasteiger partial charge in [0.25, 0.3) is 5.91 Å². The van der Waals surface area contributed by atoms with Gasteiger partial charge in [-0.15, -0.1) is 0 Å². The second kappa shape index (κ2) is 6.15. The number of ether oxygens (including phenoxy) is 1. The molecular weight excluding hydrogens is 320 g/mol. The molecule has 25 heavy (non-hydrogen) atoms. The van der Waals surface area contributed by atoms with Crippen LogP contribution in [0.15, 0.2) is 18.5 Å². The van der Waals surface area contributed by atoms with Crippen LogP contribution in [0.2, 0.25) is 0 Å². The summed E-state index contributed by atoms with van der Waals surface area (Å²) in [5.74, 6) is -0.309. The van der Waals surface area contributed by atoms with Gasteiger partial charge < -0.3 is 20.4 Å². The fraction of sp³-hybridized carbons (Fsp3) is 0.500. The molecule has 4 rings (SSSR count). The van der Waals surface area contributed by atoms with Gasteiger partial charge in [0.05, 0.1) is 17.5 Å². The highest BCUT2D eigenvalue weighted by Crippen LogP contribution is 2.41. The molecule has 7 heteroatoms. The molecule has 1 amide bonds. The molecular formula is C18H22N4O3. The fourth-order valence-electron chi connectivity index (χ4n) is 3.83. The molecule has 2 aliphatic rings. The molecule has 2 aliphatic heterocycles. The van der Waals surface area contributed by atoms with Gasteiger partial charge in [-0.25, -0.2) is 4.98 Å². The number of aryl methyl sites for hydroxylation is 1. The van der Waals surface area contributed by atoms with Gasteiger partial charge in [0.1, 0.15) is 11.8 Å². The van der Waals surface area contributed by atoms with Crippen LogP contribution in [0.3, 0.4) is 0 Å². The lowest BCUT2D eigenvalue weighted by atomic mass is 9.76. The third kappa shape index (κ3) is 2.89. The number of fused-ring (bicyclic) bond motifs is 1. The number of pyridine rings is 1. The minimum Gasteiger partial charge on any atom is -0.460 e. The van der Waals surface area contributed by atoms with E-state index in [2.05, 4.69) is 20.6 Å². The van der Waals surface area contributed by atoms with Crippen molar-refractivity contribution in [3.63, 3.8) is 0 Å². The molecule has 2 saturated heterocycles. The molecule has 1 atom stereocenters. The van der Waals surface area contributed by atoms with Crippen molar-refractivity contribution in [2.24, 2.45) is 5.41 Å². The van der Waals surface area contributed by atoms with Crippen LogP contribution in [-0.2, 0) is 9.53 Å². The van der Waals surface area contributed by atoms with Crippen LogP contribution in [0.4, 0.5) is 0 Å². The van der Waals surface area contributed by atoms with Crippen LogP contribution in [0.1, 0.15) is 35.2 Å². The lowest BCUT2D eigenvalue weighted by Gasteiger charge is -2.29. The zero-order chi connectivity index (χ0) is 17.4. The number of H-pyrrole nitrogens is 1. The van der Waals surface area contributed by atoms with E-state index in [4.69, 9.17) is 4.74 Å². The average Bonchev–Trinajstić information content (AvgIpc) is 3.14. The number of nitrogens with zero attached hydrogens (tertiary/aromatic N) is 1. The molecule has 3 N–H and O–H groups in total. The van der Waals surface area contributed by atoms with Crippen molar-refractivity contribution in [2.75, 3.05) is 19.6 Å². The normalized spacial score (nSPS) is 22.3. The Morgan fingerprint density at radius 3 is 3.04 bits per heavy atom. The Morgan fingerprint density at radius 2 is 2.24 bits per heavy atom. The smallest absolute Gasteiger partial charge is 0.312 e. The number of nitrogens with one attached hydrogen (secondary N) is 3. The number of esters is 1. The highest BCUT2D eigenvalue weighted by atomic mass is 16.6. The predicted molar refractivity (Wildman–Crippen MR) is 92.2 cm³/mol. The maximum Gasteiger partial charge on any atom is 0.312 e. The van der Waals surface area contributed by atoms with E-state index in [0.717, 1.165) is 42.5 Å². The average molecular weight is 342 g/mol. The van der Waals surface area contributed by atoms with Crippen LogP contribution in [0, 0.1) is 12.3 Å². The van der Waals surface area contributed by atoms with Crippen molar-refractivity contribution in [2.45, 2.75) is 32.3 Å². The number of cyclic esters (lactones) is 1. The molecule has 4 heterocycles. The molecule has 0 aliphatic carbocycles. The monoisotopic (exact) mass is 342 g/mol. The fourth-order valence-corrected chi connectivity index (χ4v) is 3.83. The summed E-state index contributed by atoms with van der Waals surface area (Å²) in [7, 11) is 0. The van der Waals surface area contributed by atoms with Crippen molar-refractivity contribution >= 4 is 22.9 Å². The van der Waals surface area contributed by atoms with Gasteiger partial charge in [0.15, 0.2) is 0 Å². The number of amides is 1. The van der Waals surface area contributed by atoms with E-state index in [1.807, 2.05) is 19.2 Å². The van der Waals surface area contributed by atoms with E-state index in [1.54, 1.807) is 6.20 Å². The summed E-state index contributed by atoms with van der Waals surface area (Å²) in [6.45, 7) is 3.99. The van der Waals surface area contributed by atoms with Crippen LogP contribution in [-0.4, -0.2) is 47.6 Å². The zero-order valence-corrected chi connectivity index (χ0v) is 14.2. The number of aromatic amines is 1. The molecule has 132 valence electrons. The molecule has 2 fully saturated rings. The van der Waals surface area contributed by atoms with E-state index in [1.165, 1.54) is 0 Å². The molecule has 7 nitrogen and oxygen atoms in total. The number of rotatable bonds is 3. The Balaban J connectivity index is 1.40. The SMILES string of the molecule is Cc1c[nH]c2ncc(C(=O)NCC3CC4(CCNCC4)C(=O)O3)cc12. The zero-order valence-electron chi connectivity index (χ0n) is 14.2. The minimum atomic E-state index is -0.358. The minimum absolute atomic E-state index is 0.112.